The zero-order chi connectivity index (χ0) is 29.9. The van der Waals surface area contributed by atoms with Gasteiger partial charge in [0.15, 0.2) is 11.5 Å². The van der Waals surface area contributed by atoms with Crippen LogP contribution in [0.25, 0.3) is 0 Å². The molecule has 18 nitrogen and oxygen atoms in total. The molecule has 1 aromatic carbocycles. The largest absolute Gasteiger partial charge is 0.504 e. The van der Waals surface area contributed by atoms with Crippen molar-refractivity contribution in [2.24, 2.45) is 5.73 Å². The number of nitrogens with zero attached hydrogens (tertiary/aromatic N) is 3. The van der Waals surface area contributed by atoms with Crippen molar-refractivity contribution in [2.75, 3.05) is 19.6 Å². The molecule has 1 atom stereocenters. The smallest absolute Gasteiger partial charge is 0.490 e. The number of carbonyl (C=O) groups excluding carboxylic acids is 5. The molecule has 3 rings (SSSR count). The van der Waals surface area contributed by atoms with E-state index in [-0.39, 0.29) is 25.2 Å². The average Bonchev–Trinajstić information content (AvgIpc) is 3.17. The van der Waals surface area contributed by atoms with Crippen molar-refractivity contribution in [1.29, 1.82) is 0 Å². The first kappa shape index (κ1) is 30.4. The summed E-state index contributed by atoms with van der Waals surface area (Å²) in [4.78, 5) is 69.7. The highest BCUT2D eigenvalue weighted by Gasteiger charge is 2.41. The lowest BCUT2D eigenvalue weighted by Gasteiger charge is -2.33. The molecule has 2 fully saturated rings. The van der Waals surface area contributed by atoms with Gasteiger partial charge in [-0.15, -0.1) is 0 Å². The number of urea groups is 3. The number of rotatable bonds is 4. The van der Waals surface area contributed by atoms with Gasteiger partial charge >= 0.3 is 40.4 Å². The second-order valence-corrected chi connectivity index (χ2v) is 8.82. The Morgan fingerprint density at radius 1 is 0.974 bits per heavy atom. The lowest BCUT2D eigenvalue weighted by Crippen LogP contribution is -2.66. The Labute approximate surface area is 214 Å². The van der Waals surface area contributed by atoms with Gasteiger partial charge in [0, 0.05) is 5.56 Å². The van der Waals surface area contributed by atoms with E-state index in [0.29, 0.717) is 9.80 Å². The molecule has 214 valence electrons. The van der Waals surface area contributed by atoms with Gasteiger partial charge in [-0.3, -0.25) is 19.9 Å². The van der Waals surface area contributed by atoms with Crippen molar-refractivity contribution in [3.8, 4) is 11.5 Å². The van der Waals surface area contributed by atoms with Gasteiger partial charge in [-0.1, -0.05) is 0 Å². The van der Waals surface area contributed by atoms with Gasteiger partial charge in [-0.05, 0) is 18.2 Å². The number of halogens is 3. The minimum Gasteiger partial charge on any atom is -0.504 e. The van der Waals surface area contributed by atoms with Crippen LogP contribution in [-0.4, -0.2) is 106 Å². The maximum atomic E-state index is 12.3. The molecule has 22 heteroatoms. The van der Waals surface area contributed by atoms with E-state index in [0.717, 1.165) is 17.1 Å². The van der Waals surface area contributed by atoms with Crippen molar-refractivity contribution in [1.82, 2.24) is 29.7 Å². The third kappa shape index (κ3) is 7.57. The topological polar surface area (TPSA) is 269 Å². The fourth-order valence-corrected chi connectivity index (χ4v) is 3.41. The van der Waals surface area contributed by atoms with Crippen molar-refractivity contribution >= 4 is 46.1 Å². The Balaban J connectivity index is 0.000000673. The lowest BCUT2D eigenvalue weighted by atomic mass is 10.1. The maximum Gasteiger partial charge on any atom is 0.490 e. The van der Waals surface area contributed by atoms with Crippen molar-refractivity contribution in [3.05, 3.63) is 23.8 Å². The van der Waals surface area contributed by atoms with E-state index in [9.17, 15) is 55.8 Å². The highest BCUT2D eigenvalue weighted by molar-refractivity contribution is 7.88. The van der Waals surface area contributed by atoms with Crippen LogP contribution in [0, 0.1) is 0 Å². The minimum absolute atomic E-state index is 0.110. The molecular formula is C17H18F3N7O11S. The molecule has 8 amide bonds. The van der Waals surface area contributed by atoms with Crippen LogP contribution in [0.15, 0.2) is 18.2 Å². The number of aromatic hydroxyl groups is 2. The van der Waals surface area contributed by atoms with E-state index < -0.39 is 69.8 Å². The molecule has 0 spiro atoms. The Hall–Kier alpha value is -4.86. The Kier molecular flexibility index (Phi) is 8.77. The first-order valence-electron chi connectivity index (χ1n) is 10.0. The van der Waals surface area contributed by atoms with Crippen molar-refractivity contribution in [2.45, 2.75) is 12.2 Å². The SMILES string of the molecule is N[C@H]1CN(C(=O)NS(=O)(=O)NC(=O)N2CCN(NC(=O)c3ccc(O)c(O)c3)C2=O)C1=O.O=C(O)C(F)(F)F. The summed E-state index contributed by atoms with van der Waals surface area (Å²) in [7, 11) is -4.78. The van der Waals surface area contributed by atoms with Gasteiger partial charge in [0.2, 0.25) is 5.91 Å². The molecule has 0 unspecified atom stereocenters. The number of aliphatic carboxylic acids is 1. The Morgan fingerprint density at radius 2 is 1.51 bits per heavy atom. The molecule has 2 saturated heterocycles. The highest BCUT2D eigenvalue weighted by atomic mass is 32.2. The summed E-state index contributed by atoms with van der Waals surface area (Å²) in [5, 5.41) is 26.6. The maximum absolute atomic E-state index is 12.3. The molecule has 2 aliphatic rings. The molecule has 1 aromatic rings. The van der Waals surface area contributed by atoms with E-state index in [1.165, 1.54) is 15.5 Å². The monoisotopic (exact) mass is 585 g/mol. The number of β-lactam (4-membered cyclic amide) rings is 1. The first-order chi connectivity index (χ1) is 17.8. The van der Waals surface area contributed by atoms with Gasteiger partial charge in [0.05, 0.1) is 19.6 Å². The summed E-state index contributed by atoms with van der Waals surface area (Å²) in [6.07, 6.45) is -5.08. The minimum atomic E-state index is -5.08. The molecule has 2 aliphatic heterocycles. The lowest BCUT2D eigenvalue weighted by molar-refractivity contribution is -0.192. The molecule has 2 heterocycles. The summed E-state index contributed by atoms with van der Waals surface area (Å²) < 4.78 is 58.5. The number of imide groups is 2. The number of hydrazine groups is 1. The Morgan fingerprint density at radius 3 is 1.97 bits per heavy atom. The van der Waals surface area contributed by atoms with Crippen molar-refractivity contribution < 1.29 is 65.7 Å². The van der Waals surface area contributed by atoms with Crippen LogP contribution in [-0.2, 0) is 19.8 Å². The van der Waals surface area contributed by atoms with Crippen LogP contribution in [0.2, 0.25) is 0 Å². The van der Waals surface area contributed by atoms with Crippen molar-refractivity contribution in [3.63, 3.8) is 0 Å². The zero-order valence-corrected chi connectivity index (χ0v) is 19.8. The molecule has 39 heavy (non-hydrogen) atoms. The predicted octanol–water partition coefficient (Wildman–Crippen LogP) is -2.05. The quantitative estimate of drug-likeness (QED) is 0.149. The average molecular weight is 585 g/mol. The van der Waals surface area contributed by atoms with E-state index >= 15 is 0 Å². The first-order valence-corrected chi connectivity index (χ1v) is 11.5. The summed E-state index contributed by atoms with van der Waals surface area (Å²) in [5.41, 5.74) is 7.35. The number of phenols is 2. The molecule has 0 bridgehead atoms. The number of likely N-dealkylation sites (tertiary alicyclic amines) is 1. The van der Waals surface area contributed by atoms with Gasteiger partial charge in [-0.2, -0.15) is 21.6 Å². The van der Waals surface area contributed by atoms with E-state index in [1.807, 2.05) is 0 Å². The Bertz CT molecular complexity index is 1320. The van der Waals surface area contributed by atoms with E-state index in [2.05, 4.69) is 5.43 Å². The van der Waals surface area contributed by atoms with Crippen LogP contribution >= 0.6 is 0 Å². The molecule has 0 aliphatic carbocycles. The summed E-state index contributed by atoms with van der Waals surface area (Å²) in [6, 6.07) is -1.58. The number of hydrogen-bond donors (Lipinski definition) is 7. The van der Waals surface area contributed by atoms with Crippen LogP contribution in [0.3, 0.4) is 0 Å². The molecule has 0 saturated carbocycles. The number of alkyl halides is 3. The molecule has 0 radical (unpaired) electrons. The number of carbonyl (C=O) groups is 6. The number of nitrogens with two attached hydrogens (primary N) is 1. The van der Waals surface area contributed by atoms with Crippen LogP contribution in [0.5, 0.6) is 11.5 Å². The second kappa shape index (κ2) is 11.3. The predicted molar refractivity (Wildman–Crippen MR) is 115 cm³/mol. The number of phenolic OH excluding ortho intramolecular Hbond substituents is 2. The summed E-state index contributed by atoms with van der Waals surface area (Å²) in [5.74, 6) is -5.44. The van der Waals surface area contributed by atoms with Crippen LogP contribution in [0.4, 0.5) is 27.6 Å². The molecule has 0 aromatic heterocycles. The van der Waals surface area contributed by atoms with E-state index in [1.54, 1.807) is 0 Å². The van der Waals surface area contributed by atoms with Crippen LogP contribution < -0.4 is 20.6 Å². The van der Waals surface area contributed by atoms with Gasteiger partial charge < -0.3 is 21.1 Å². The number of nitrogens with one attached hydrogen (secondary N) is 3. The summed E-state index contributed by atoms with van der Waals surface area (Å²) in [6.45, 7) is -0.713. The third-order valence-corrected chi connectivity index (χ3v) is 5.51. The second-order valence-electron chi connectivity index (χ2n) is 7.41. The van der Waals surface area contributed by atoms with Gasteiger partial charge in [-0.25, -0.2) is 38.5 Å². The number of amides is 8. The zero-order valence-electron chi connectivity index (χ0n) is 19.0. The van der Waals surface area contributed by atoms with Gasteiger partial charge in [0.1, 0.15) is 6.04 Å². The highest BCUT2D eigenvalue weighted by Crippen LogP contribution is 2.25. The third-order valence-electron chi connectivity index (χ3n) is 4.62. The normalized spacial score (nSPS) is 17.0. The molecular weight excluding hydrogens is 567 g/mol. The van der Waals surface area contributed by atoms with Crippen LogP contribution in [0.1, 0.15) is 10.4 Å². The van der Waals surface area contributed by atoms with E-state index in [4.69, 9.17) is 15.6 Å². The fraction of sp³-hybridized carbons (Fsp3) is 0.294. The summed E-state index contributed by atoms with van der Waals surface area (Å²) >= 11 is 0. The number of hydrogen-bond acceptors (Lipinski definition) is 11. The number of carboxylic acid groups (broad SMARTS) is 1. The molecule has 8 N–H and O–H groups in total. The fourth-order valence-electron chi connectivity index (χ4n) is 2.68. The van der Waals surface area contributed by atoms with Gasteiger partial charge in [0.25, 0.3) is 5.91 Å². The number of benzene rings is 1. The number of carboxylic acids is 1. The standard InChI is InChI=1S/C15H17N7O9S.C2HF3O2/c16-8-6-21(12(8)26)14(28)19-32(30,31)18-13(27)20-3-4-22(15(20)29)17-11(25)7-1-2-9(23)10(24)5-7;3-2(4,5)1(6)7/h1-2,5,8,23-24H,3-4,6,16H2,(H,17,25)(H,18,27)(H,19,28);(H,6,7)/t8-;/m0./s1.